The first-order valence-corrected chi connectivity index (χ1v) is 6.22. The second kappa shape index (κ2) is 4.80. The van der Waals surface area contributed by atoms with Gasteiger partial charge >= 0.3 is 0 Å². The maximum Gasteiger partial charge on any atom is 0.264 e. The highest BCUT2D eigenvalue weighted by Gasteiger charge is 2.22. The zero-order valence-corrected chi connectivity index (χ0v) is 11.4. The minimum absolute atomic E-state index is 0.0834. The van der Waals surface area contributed by atoms with Gasteiger partial charge in [0.25, 0.3) is 5.56 Å². The molecule has 0 bridgehead atoms. The fourth-order valence-corrected chi connectivity index (χ4v) is 1.94. The van der Waals surface area contributed by atoms with E-state index in [1.165, 1.54) is 0 Å². The summed E-state index contributed by atoms with van der Waals surface area (Å²) in [6.45, 7) is 4.20. The molecule has 0 amide bonds. The molecule has 88 valence electrons. The number of aryl methyl sites for hydroxylation is 1. The molecule has 0 aromatic carbocycles. The van der Waals surface area contributed by atoms with Crippen molar-refractivity contribution < 1.29 is 4.74 Å². The molecule has 1 unspecified atom stereocenters. The van der Waals surface area contributed by atoms with Gasteiger partial charge in [-0.25, -0.2) is 4.98 Å². The lowest BCUT2D eigenvalue weighted by Gasteiger charge is -2.29. The zero-order valence-electron chi connectivity index (χ0n) is 9.29. The molecule has 2 rings (SSSR count). The largest absolute Gasteiger partial charge is 0.368 e. The summed E-state index contributed by atoms with van der Waals surface area (Å²) in [7, 11) is 2.03. The van der Waals surface area contributed by atoms with Crippen LogP contribution in [0.1, 0.15) is 17.6 Å². The number of H-pyrrole nitrogens is 1. The van der Waals surface area contributed by atoms with E-state index in [-0.39, 0.29) is 11.7 Å². The van der Waals surface area contributed by atoms with Crippen LogP contribution in [0.2, 0.25) is 0 Å². The molecule has 1 fully saturated rings. The standard InChI is InChI=1S/C10H14IN3O2/c1-6-8(11)10(15)13-9(12-6)7-5-14(2)3-4-16-7/h7H,3-5H2,1-2H3,(H,12,13,15). The van der Waals surface area contributed by atoms with Gasteiger partial charge in [-0.1, -0.05) is 0 Å². The molecule has 1 N–H and O–H groups in total. The molecule has 1 aliphatic rings. The van der Waals surface area contributed by atoms with Crippen LogP contribution in [0.3, 0.4) is 0 Å². The minimum atomic E-state index is -0.123. The molecule has 0 aliphatic carbocycles. The van der Waals surface area contributed by atoms with Crippen LogP contribution in [-0.2, 0) is 4.74 Å². The third-order valence-electron chi connectivity index (χ3n) is 2.62. The summed E-state index contributed by atoms with van der Waals surface area (Å²) < 4.78 is 6.25. The van der Waals surface area contributed by atoms with Crippen molar-refractivity contribution in [3.8, 4) is 0 Å². The summed E-state index contributed by atoms with van der Waals surface area (Å²) in [5.41, 5.74) is 0.677. The van der Waals surface area contributed by atoms with Crippen molar-refractivity contribution in [2.75, 3.05) is 26.7 Å². The first-order valence-electron chi connectivity index (χ1n) is 5.14. The molecule has 1 saturated heterocycles. The zero-order chi connectivity index (χ0) is 11.7. The van der Waals surface area contributed by atoms with Crippen molar-refractivity contribution in [1.82, 2.24) is 14.9 Å². The SMILES string of the molecule is Cc1nc(C2CN(C)CCO2)[nH]c(=O)c1I. The van der Waals surface area contributed by atoms with E-state index in [0.29, 0.717) is 16.0 Å². The van der Waals surface area contributed by atoms with Gasteiger partial charge in [0.1, 0.15) is 11.9 Å². The van der Waals surface area contributed by atoms with Crippen LogP contribution >= 0.6 is 22.6 Å². The third kappa shape index (κ3) is 2.44. The highest BCUT2D eigenvalue weighted by atomic mass is 127. The molecular weight excluding hydrogens is 321 g/mol. The monoisotopic (exact) mass is 335 g/mol. The van der Waals surface area contributed by atoms with E-state index in [1.807, 2.05) is 36.6 Å². The average Bonchev–Trinajstić information content (AvgIpc) is 2.25. The number of ether oxygens (including phenoxy) is 1. The van der Waals surface area contributed by atoms with Gasteiger partial charge in [-0.05, 0) is 36.6 Å². The normalized spacial score (nSPS) is 22.3. The molecule has 5 nitrogen and oxygen atoms in total. The van der Waals surface area contributed by atoms with Gasteiger partial charge in [0.05, 0.1) is 15.9 Å². The van der Waals surface area contributed by atoms with Crippen molar-refractivity contribution in [2.24, 2.45) is 0 Å². The highest BCUT2D eigenvalue weighted by molar-refractivity contribution is 14.1. The summed E-state index contributed by atoms with van der Waals surface area (Å²) in [4.78, 5) is 20.9. The van der Waals surface area contributed by atoms with Crippen molar-refractivity contribution in [3.63, 3.8) is 0 Å². The first-order chi connectivity index (χ1) is 7.58. The van der Waals surface area contributed by atoms with Gasteiger partial charge in [0.2, 0.25) is 0 Å². The lowest BCUT2D eigenvalue weighted by Crippen LogP contribution is -2.37. The van der Waals surface area contributed by atoms with Gasteiger partial charge in [0, 0.05) is 13.1 Å². The highest BCUT2D eigenvalue weighted by Crippen LogP contribution is 2.18. The van der Waals surface area contributed by atoms with Crippen LogP contribution in [0.5, 0.6) is 0 Å². The van der Waals surface area contributed by atoms with Gasteiger partial charge < -0.3 is 14.6 Å². The van der Waals surface area contributed by atoms with Crippen LogP contribution in [0, 0.1) is 10.5 Å². The topological polar surface area (TPSA) is 58.2 Å². The maximum atomic E-state index is 11.6. The quantitative estimate of drug-likeness (QED) is 0.767. The average molecular weight is 335 g/mol. The minimum Gasteiger partial charge on any atom is -0.368 e. The summed E-state index contributed by atoms with van der Waals surface area (Å²) in [5.74, 6) is 0.634. The Kier molecular flexibility index (Phi) is 3.60. The number of halogens is 1. The number of hydrogen-bond donors (Lipinski definition) is 1. The molecule has 1 aliphatic heterocycles. The Bertz CT molecular complexity index is 446. The van der Waals surface area contributed by atoms with Crippen LogP contribution in [-0.4, -0.2) is 41.6 Å². The van der Waals surface area contributed by atoms with Crippen LogP contribution in [0.4, 0.5) is 0 Å². The number of nitrogens with one attached hydrogen (secondary N) is 1. The van der Waals surface area contributed by atoms with E-state index in [4.69, 9.17) is 4.74 Å². The van der Waals surface area contributed by atoms with Gasteiger partial charge in [-0.2, -0.15) is 0 Å². The fraction of sp³-hybridized carbons (Fsp3) is 0.600. The predicted octanol–water partition coefficient (Wildman–Crippen LogP) is 0.686. The van der Waals surface area contributed by atoms with Crippen molar-refractivity contribution in [2.45, 2.75) is 13.0 Å². The molecule has 16 heavy (non-hydrogen) atoms. The van der Waals surface area contributed by atoms with Gasteiger partial charge in [-0.3, -0.25) is 4.79 Å². The number of nitrogens with zero attached hydrogens (tertiary/aromatic N) is 2. The lowest BCUT2D eigenvalue weighted by molar-refractivity contribution is -0.0257. The fourth-order valence-electron chi connectivity index (χ4n) is 1.69. The molecular formula is C10H14IN3O2. The molecule has 0 spiro atoms. The summed E-state index contributed by atoms with van der Waals surface area (Å²) in [6, 6.07) is 0. The van der Waals surface area contributed by atoms with E-state index in [1.54, 1.807) is 0 Å². The van der Waals surface area contributed by atoms with E-state index in [2.05, 4.69) is 14.9 Å². The number of likely N-dealkylation sites (N-methyl/N-ethyl adjacent to an activating group) is 1. The number of aromatic nitrogens is 2. The van der Waals surface area contributed by atoms with E-state index in [9.17, 15) is 4.79 Å². The first kappa shape index (κ1) is 12.0. The van der Waals surface area contributed by atoms with Crippen LogP contribution in [0.15, 0.2) is 4.79 Å². The Morgan fingerprint density at radius 2 is 2.38 bits per heavy atom. The maximum absolute atomic E-state index is 11.6. The Labute approximate surface area is 107 Å². The molecule has 0 saturated carbocycles. The Hall–Kier alpha value is -0.470. The van der Waals surface area contributed by atoms with Crippen molar-refractivity contribution in [1.29, 1.82) is 0 Å². The number of aromatic amines is 1. The molecule has 1 atom stereocenters. The van der Waals surface area contributed by atoms with E-state index >= 15 is 0 Å². The lowest BCUT2D eigenvalue weighted by atomic mass is 10.2. The summed E-state index contributed by atoms with van der Waals surface area (Å²) >= 11 is 2.00. The number of hydrogen-bond acceptors (Lipinski definition) is 4. The predicted molar refractivity (Wildman–Crippen MR) is 68.5 cm³/mol. The molecule has 1 aromatic heterocycles. The van der Waals surface area contributed by atoms with Crippen molar-refractivity contribution >= 4 is 22.6 Å². The second-order valence-electron chi connectivity index (χ2n) is 3.97. The van der Waals surface area contributed by atoms with Crippen LogP contribution in [0.25, 0.3) is 0 Å². The molecule has 2 heterocycles. The van der Waals surface area contributed by atoms with E-state index < -0.39 is 0 Å². The second-order valence-corrected chi connectivity index (χ2v) is 5.05. The number of rotatable bonds is 1. The third-order valence-corrected chi connectivity index (χ3v) is 3.89. The molecule has 0 radical (unpaired) electrons. The van der Waals surface area contributed by atoms with Gasteiger partial charge in [0.15, 0.2) is 0 Å². The van der Waals surface area contributed by atoms with Gasteiger partial charge in [-0.15, -0.1) is 0 Å². The molecule has 6 heteroatoms. The smallest absolute Gasteiger partial charge is 0.264 e. The Morgan fingerprint density at radius 3 is 3.00 bits per heavy atom. The summed E-state index contributed by atoms with van der Waals surface area (Å²) in [5, 5.41) is 0. The molecule has 1 aromatic rings. The summed E-state index contributed by atoms with van der Waals surface area (Å²) in [6.07, 6.45) is -0.123. The van der Waals surface area contributed by atoms with Crippen LogP contribution < -0.4 is 5.56 Å². The van der Waals surface area contributed by atoms with E-state index in [0.717, 1.165) is 18.8 Å². The Morgan fingerprint density at radius 1 is 1.62 bits per heavy atom. The van der Waals surface area contributed by atoms with Crippen molar-refractivity contribution in [3.05, 3.63) is 25.4 Å². The number of morpholine rings is 1. The Balaban J connectivity index is 2.30.